The summed E-state index contributed by atoms with van der Waals surface area (Å²) in [5.74, 6) is 2.67. The molecule has 1 heterocycles. The predicted molar refractivity (Wildman–Crippen MR) is 100 cm³/mol. The normalized spacial score (nSPS) is 25.0. The average molecular weight is 348 g/mol. The largest absolute Gasteiger partial charge is 0.508 e. The van der Waals surface area contributed by atoms with Gasteiger partial charge in [0.05, 0.1) is 17.7 Å². The molecule has 4 nitrogen and oxygen atoms in total. The van der Waals surface area contributed by atoms with Gasteiger partial charge < -0.3 is 14.7 Å². The lowest BCUT2D eigenvalue weighted by Crippen LogP contribution is -2.26. The summed E-state index contributed by atoms with van der Waals surface area (Å²) in [7, 11) is 0. The third-order valence-electron chi connectivity index (χ3n) is 5.72. The Morgan fingerprint density at radius 3 is 2.27 bits per heavy atom. The zero-order chi connectivity index (χ0) is 17.9. The summed E-state index contributed by atoms with van der Waals surface area (Å²) in [4.78, 5) is 2.57. The number of phenols is 1. The number of hydrogen-bond acceptors (Lipinski definition) is 4. The molecule has 26 heavy (non-hydrogen) atoms. The van der Waals surface area contributed by atoms with E-state index in [9.17, 15) is 5.11 Å². The Kier molecular flexibility index (Phi) is 4.81. The Hall–Kier alpha value is -2.51. The molecule has 3 atom stereocenters. The van der Waals surface area contributed by atoms with E-state index in [0.29, 0.717) is 17.4 Å². The summed E-state index contributed by atoms with van der Waals surface area (Å²) < 4.78 is 6.14. The number of ether oxygens (including phenoxy) is 1. The van der Waals surface area contributed by atoms with Crippen molar-refractivity contribution in [2.24, 2.45) is 11.8 Å². The number of likely N-dealkylation sites (tertiary alicyclic amines) is 1. The van der Waals surface area contributed by atoms with Crippen molar-refractivity contribution in [1.29, 1.82) is 5.26 Å². The molecule has 0 radical (unpaired) electrons. The first-order valence-electron chi connectivity index (χ1n) is 9.36. The lowest BCUT2D eigenvalue weighted by atomic mass is 10.0. The van der Waals surface area contributed by atoms with E-state index in [1.165, 1.54) is 5.56 Å². The number of hydrogen-bond donors (Lipinski definition) is 1. The van der Waals surface area contributed by atoms with Gasteiger partial charge in [-0.1, -0.05) is 12.1 Å². The fourth-order valence-corrected chi connectivity index (χ4v) is 4.37. The summed E-state index contributed by atoms with van der Waals surface area (Å²) in [5, 5.41) is 18.2. The lowest BCUT2D eigenvalue weighted by Gasteiger charge is -2.20. The van der Waals surface area contributed by atoms with Gasteiger partial charge in [-0.25, -0.2) is 0 Å². The van der Waals surface area contributed by atoms with Gasteiger partial charge in [0.15, 0.2) is 0 Å². The van der Waals surface area contributed by atoms with Crippen LogP contribution in [0.2, 0.25) is 0 Å². The van der Waals surface area contributed by atoms with E-state index in [0.717, 1.165) is 56.5 Å². The summed E-state index contributed by atoms with van der Waals surface area (Å²) in [6.07, 6.45) is 3.59. The molecule has 4 rings (SSSR count). The van der Waals surface area contributed by atoms with Gasteiger partial charge in [-0.15, -0.1) is 0 Å². The zero-order valence-electron chi connectivity index (χ0n) is 14.8. The molecule has 2 aliphatic rings. The summed E-state index contributed by atoms with van der Waals surface area (Å²) in [6, 6.07) is 17.1. The van der Waals surface area contributed by atoms with Crippen LogP contribution in [0.3, 0.4) is 0 Å². The highest BCUT2D eigenvalue weighted by molar-refractivity contribution is 5.34. The molecule has 1 aliphatic heterocycles. The molecule has 0 amide bonds. The standard InChI is InChI=1S/C22H24N2O2/c23-13-17-3-7-21(8-4-17)26-22-11-18-14-24(15-19(18)12-22)10-9-16-1-5-20(25)6-2-16/h1-8,18-19,22,25H,9-12,14-15H2/t18-,19+,22+. The van der Waals surface area contributed by atoms with Crippen LogP contribution in [-0.4, -0.2) is 35.7 Å². The molecular weight excluding hydrogens is 324 g/mol. The fraction of sp³-hybridized carbons (Fsp3) is 0.409. The highest BCUT2D eigenvalue weighted by Crippen LogP contribution is 2.39. The van der Waals surface area contributed by atoms with Crippen molar-refractivity contribution in [2.75, 3.05) is 19.6 Å². The zero-order valence-corrected chi connectivity index (χ0v) is 14.8. The van der Waals surface area contributed by atoms with Gasteiger partial charge in [-0.3, -0.25) is 0 Å². The SMILES string of the molecule is N#Cc1ccc(O[C@H]2C[C@@H]3CN(CCc4ccc(O)cc4)C[C@@H]3C2)cc1. The fourth-order valence-electron chi connectivity index (χ4n) is 4.37. The van der Waals surface area contributed by atoms with Crippen molar-refractivity contribution in [2.45, 2.75) is 25.4 Å². The highest BCUT2D eigenvalue weighted by Gasteiger charge is 2.41. The van der Waals surface area contributed by atoms with Crippen molar-refractivity contribution < 1.29 is 9.84 Å². The molecule has 2 aromatic rings. The maximum atomic E-state index is 9.37. The Morgan fingerprint density at radius 1 is 1.00 bits per heavy atom. The molecule has 1 saturated carbocycles. The molecule has 0 spiro atoms. The third kappa shape index (κ3) is 3.84. The molecule has 1 saturated heterocycles. The molecule has 2 fully saturated rings. The second kappa shape index (κ2) is 7.39. The molecular formula is C22H24N2O2. The minimum atomic E-state index is 0.303. The molecule has 1 aliphatic carbocycles. The van der Waals surface area contributed by atoms with Crippen molar-refractivity contribution >= 4 is 0 Å². The van der Waals surface area contributed by atoms with Crippen LogP contribution in [0.25, 0.3) is 0 Å². The highest BCUT2D eigenvalue weighted by atomic mass is 16.5. The molecule has 0 aromatic heterocycles. The summed E-state index contributed by atoms with van der Waals surface area (Å²) in [6.45, 7) is 3.41. The second-order valence-corrected chi connectivity index (χ2v) is 7.54. The molecule has 1 N–H and O–H groups in total. The number of nitrogens with zero attached hydrogens (tertiary/aromatic N) is 2. The monoisotopic (exact) mass is 348 g/mol. The minimum absolute atomic E-state index is 0.303. The van der Waals surface area contributed by atoms with Gasteiger partial charge in [0, 0.05) is 19.6 Å². The summed E-state index contributed by atoms with van der Waals surface area (Å²) >= 11 is 0. The van der Waals surface area contributed by atoms with Gasteiger partial charge in [-0.05, 0) is 73.1 Å². The predicted octanol–water partition coefficient (Wildman–Crippen LogP) is 3.60. The van der Waals surface area contributed by atoms with Gasteiger partial charge in [0.25, 0.3) is 0 Å². The molecule has 0 bridgehead atoms. The van der Waals surface area contributed by atoms with E-state index in [2.05, 4.69) is 11.0 Å². The van der Waals surface area contributed by atoms with Crippen molar-refractivity contribution in [1.82, 2.24) is 4.90 Å². The quantitative estimate of drug-likeness (QED) is 0.897. The maximum Gasteiger partial charge on any atom is 0.119 e. The summed E-state index contributed by atoms with van der Waals surface area (Å²) in [5.41, 5.74) is 1.95. The second-order valence-electron chi connectivity index (χ2n) is 7.54. The smallest absolute Gasteiger partial charge is 0.119 e. The van der Waals surface area contributed by atoms with Crippen molar-refractivity contribution in [3.8, 4) is 17.6 Å². The molecule has 0 unspecified atom stereocenters. The number of fused-ring (bicyclic) bond motifs is 1. The van der Waals surface area contributed by atoms with E-state index in [4.69, 9.17) is 10.00 Å². The van der Waals surface area contributed by atoms with E-state index in [1.54, 1.807) is 12.1 Å². The minimum Gasteiger partial charge on any atom is -0.508 e. The van der Waals surface area contributed by atoms with Crippen LogP contribution in [-0.2, 0) is 6.42 Å². The van der Waals surface area contributed by atoms with Gasteiger partial charge in [-0.2, -0.15) is 5.26 Å². The first-order valence-corrected chi connectivity index (χ1v) is 9.36. The van der Waals surface area contributed by atoms with E-state index in [-0.39, 0.29) is 0 Å². The van der Waals surface area contributed by atoms with Crippen LogP contribution >= 0.6 is 0 Å². The van der Waals surface area contributed by atoms with E-state index < -0.39 is 0 Å². The number of phenolic OH excluding ortho intramolecular Hbond substituents is 1. The van der Waals surface area contributed by atoms with Crippen LogP contribution in [0.15, 0.2) is 48.5 Å². The van der Waals surface area contributed by atoms with Gasteiger partial charge in [0.2, 0.25) is 0 Å². The Morgan fingerprint density at radius 2 is 1.65 bits per heavy atom. The molecule has 134 valence electrons. The lowest BCUT2D eigenvalue weighted by molar-refractivity contribution is 0.186. The van der Waals surface area contributed by atoms with Gasteiger partial charge in [0.1, 0.15) is 11.5 Å². The first-order chi connectivity index (χ1) is 12.7. The molecule has 4 heteroatoms. The van der Waals surface area contributed by atoms with Crippen LogP contribution in [0, 0.1) is 23.2 Å². The number of nitriles is 1. The van der Waals surface area contributed by atoms with Crippen molar-refractivity contribution in [3.63, 3.8) is 0 Å². The Bertz CT molecular complexity index is 765. The van der Waals surface area contributed by atoms with Gasteiger partial charge >= 0.3 is 0 Å². The van der Waals surface area contributed by atoms with Crippen LogP contribution in [0.5, 0.6) is 11.5 Å². The number of aromatic hydroxyl groups is 1. The topological polar surface area (TPSA) is 56.5 Å². The number of rotatable bonds is 5. The van der Waals surface area contributed by atoms with E-state index >= 15 is 0 Å². The van der Waals surface area contributed by atoms with Crippen LogP contribution < -0.4 is 4.74 Å². The number of benzene rings is 2. The van der Waals surface area contributed by atoms with Crippen molar-refractivity contribution in [3.05, 3.63) is 59.7 Å². The van der Waals surface area contributed by atoms with E-state index in [1.807, 2.05) is 36.4 Å². The Balaban J connectivity index is 1.24. The Labute approximate surface area is 154 Å². The van der Waals surface area contributed by atoms with Crippen LogP contribution in [0.1, 0.15) is 24.0 Å². The van der Waals surface area contributed by atoms with Crippen LogP contribution in [0.4, 0.5) is 0 Å². The first kappa shape index (κ1) is 16.9. The average Bonchev–Trinajstić information content (AvgIpc) is 3.20. The molecule has 2 aromatic carbocycles. The third-order valence-corrected chi connectivity index (χ3v) is 5.72. The maximum absolute atomic E-state index is 9.37.